The molecular formula is C12H11BrN6O2. The summed E-state index contributed by atoms with van der Waals surface area (Å²) < 4.78 is 11.4. The number of nitrogens with two attached hydrogens (primary N) is 1. The highest BCUT2D eigenvalue weighted by molar-refractivity contribution is 9.10. The second-order valence-corrected chi connectivity index (χ2v) is 4.55. The van der Waals surface area contributed by atoms with Crippen LogP contribution in [0.15, 0.2) is 21.7 Å². The molecule has 108 valence electrons. The third-order valence-electron chi connectivity index (χ3n) is 2.34. The van der Waals surface area contributed by atoms with Gasteiger partial charge < -0.3 is 15.2 Å². The zero-order chi connectivity index (χ0) is 15.2. The molecule has 2 rings (SSSR count). The van der Waals surface area contributed by atoms with Gasteiger partial charge in [-0.15, -0.1) is 6.42 Å². The number of hydrogen-bond acceptors (Lipinski definition) is 7. The fourth-order valence-corrected chi connectivity index (χ4v) is 2.04. The number of terminal acetylenes is 1. The molecule has 0 atom stereocenters. The molecule has 0 saturated carbocycles. The van der Waals surface area contributed by atoms with Crippen molar-refractivity contribution in [3.05, 3.63) is 22.2 Å². The first-order valence-corrected chi connectivity index (χ1v) is 6.47. The van der Waals surface area contributed by atoms with Crippen LogP contribution in [-0.4, -0.2) is 40.2 Å². The Balaban J connectivity index is 2.30. The number of benzene rings is 1. The molecule has 2 N–H and O–H groups in total. The van der Waals surface area contributed by atoms with Gasteiger partial charge in [-0.2, -0.15) is 5.10 Å². The van der Waals surface area contributed by atoms with E-state index in [4.69, 9.17) is 21.6 Å². The highest BCUT2D eigenvalue weighted by Crippen LogP contribution is 2.36. The van der Waals surface area contributed by atoms with Crippen LogP contribution in [0.5, 0.6) is 11.5 Å². The summed E-state index contributed by atoms with van der Waals surface area (Å²) in [5, 5.41) is 14.5. The molecule has 21 heavy (non-hydrogen) atoms. The van der Waals surface area contributed by atoms with Crippen LogP contribution in [0.1, 0.15) is 5.56 Å². The molecule has 9 heteroatoms. The maximum atomic E-state index is 5.51. The van der Waals surface area contributed by atoms with E-state index in [0.717, 1.165) is 10.4 Å². The summed E-state index contributed by atoms with van der Waals surface area (Å²) >= 11 is 3.40. The van der Waals surface area contributed by atoms with Gasteiger partial charge in [0.2, 0.25) is 0 Å². The number of tetrazole rings is 1. The van der Waals surface area contributed by atoms with E-state index in [1.54, 1.807) is 12.1 Å². The SMILES string of the molecule is C#CCOc1c(Br)cc(/C=N/n2nnnc2N)cc1OC. The van der Waals surface area contributed by atoms with E-state index < -0.39 is 0 Å². The molecule has 0 radical (unpaired) electrons. The number of rotatable bonds is 5. The van der Waals surface area contributed by atoms with Gasteiger partial charge in [0.05, 0.1) is 17.8 Å². The molecule has 0 aliphatic heterocycles. The van der Waals surface area contributed by atoms with Gasteiger partial charge in [-0.05, 0) is 44.1 Å². The van der Waals surface area contributed by atoms with Crippen molar-refractivity contribution in [2.45, 2.75) is 0 Å². The Labute approximate surface area is 129 Å². The summed E-state index contributed by atoms with van der Waals surface area (Å²) in [5.41, 5.74) is 6.25. The van der Waals surface area contributed by atoms with Crippen LogP contribution in [0.3, 0.4) is 0 Å². The lowest BCUT2D eigenvalue weighted by Gasteiger charge is -2.11. The summed E-state index contributed by atoms with van der Waals surface area (Å²) in [5.74, 6) is 3.53. The van der Waals surface area contributed by atoms with Crippen molar-refractivity contribution in [1.82, 2.24) is 20.3 Å². The van der Waals surface area contributed by atoms with E-state index >= 15 is 0 Å². The Morgan fingerprint density at radius 1 is 1.57 bits per heavy atom. The Morgan fingerprint density at radius 3 is 3.00 bits per heavy atom. The molecule has 0 unspecified atom stereocenters. The third-order valence-corrected chi connectivity index (χ3v) is 2.93. The van der Waals surface area contributed by atoms with Crippen LogP contribution in [0.2, 0.25) is 0 Å². The van der Waals surface area contributed by atoms with Crippen LogP contribution in [0.4, 0.5) is 5.95 Å². The number of nitrogen functional groups attached to an aromatic ring is 1. The quantitative estimate of drug-likeness (QED) is 0.635. The molecule has 8 nitrogen and oxygen atoms in total. The third kappa shape index (κ3) is 3.49. The zero-order valence-corrected chi connectivity index (χ0v) is 12.6. The summed E-state index contributed by atoms with van der Waals surface area (Å²) in [6.07, 6.45) is 6.71. The average Bonchev–Trinajstić information content (AvgIpc) is 2.88. The predicted octanol–water partition coefficient (Wildman–Crippen LogP) is 0.921. The van der Waals surface area contributed by atoms with E-state index in [1.807, 2.05) is 0 Å². The lowest BCUT2D eigenvalue weighted by molar-refractivity contribution is 0.329. The zero-order valence-electron chi connectivity index (χ0n) is 11.0. The first-order valence-electron chi connectivity index (χ1n) is 5.67. The lowest BCUT2D eigenvalue weighted by atomic mass is 10.2. The van der Waals surface area contributed by atoms with Gasteiger partial charge in [-0.3, -0.25) is 0 Å². The van der Waals surface area contributed by atoms with Crippen molar-refractivity contribution in [1.29, 1.82) is 0 Å². The van der Waals surface area contributed by atoms with Crippen LogP contribution in [0, 0.1) is 12.3 Å². The highest BCUT2D eigenvalue weighted by Gasteiger charge is 2.11. The number of ether oxygens (including phenoxy) is 2. The minimum Gasteiger partial charge on any atom is -0.493 e. The number of anilines is 1. The summed E-state index contributed by atoms with van der Waals surface area (Å²) in [7, 11) is 1.53. The van der Waals surface area contributed by atoms with Gasteiger partial charge in [0.1, 0.15) is 6.61 Å². The largest absolute Gasteiger partial charge is 0.493 e. The van der Waals surface area contributed by atoms with Gasteiger partial charge in [0, 0.05) is 0 Å². The van der Waals surface area contributed by atoms with Crippen molar-refractivity contribution in [3.8, 4) is 23.8 Å². The monoisotopic (exact) mass is 350 g/mol. The van der Waals surface area contributed by atoms with Gasteiger partial charge >= 0.3 is 0 Å². The van der Waals surface area contributed by atoms with Crippen LogP contribution in [0.25, 0.3) is 0 Å². The fourth-order valence-electron chi connectivity index (χ4n) is 1.46. The number of halogens is 1. The number of methoxy groups -OCH3 is 1. The molecule has 1 aromatic carbocycles. The highest BCUT2D eigenvalue weighted by atomic mass is 79.9. The predicted molar refractivity (Wildman–Crippen MR) is 80.2 cm³/mol. The van der Waals surface area contributed by atoms with Crippen LogP contribution < -0.4 is 15.2 Å². The molecule has 0 aliphatic carbocycles. The van der Waals surface area contributed by atoms with E-state index in [0.29, 0.717) is 16.0 Å². The molecule has 0 bridgehead atoms. The molecule has 0 aliphatic rings. The van der Waals surface area contributed by atoms with Crippen molar-refractivity contribution < 1.29 is 9.47 Å². The average molecular weight is 351 g/mol. The number of nitrogens with zero attached hydrogens (tertiary/aromatic N) is 5. The minimum absolute atomic E-state index is 0.0891. The minimum atomic E-state index is 0.0891. The topological polar surface area (TPSA) is 100 Å². The molecule has 0 saturated heterocycles. The van der Waals surface area contributed by atoms with Crippen LogP contribution >= 0.6 is 15.9 Å². The van der Waals surface area contributed by atoms with Gasteiger partial charge in [-0.25, -0.2) is 0 Å². The van der Waals surface area contributed by atoms with E-state index in [9.17, 15) is 0 Å². The lowest BCUT2D eigenvalue weighted by Crippen LogP contribution is -2.01. The molecule has 0 amide bonds. The Kier molecular flexibility index (Phi) is 4.73. The molecular weight excluding hydrogens is 340 g/mol. The maximum absolute atomic E-state index is 5.51. The first kappa shape index (κ1) is 14.8. The summed E-state index contributed by atoms with van der Waals surface area (Å²) in [6, 6.07) is 3.53. The summed E-state index contributed by atoms with van der Waals surface area (Å²) in [4.78, 5) is 1.10. The Morgan fingerprint density at radius 2 is 2.38 bits per heavy atom. The summed E-state index contributed by atoms with van der Waals surface area (Å²) in [6.45, 7) is 0.142. The van der Waals surface area contributed by atoms with Crippen LogP contribution in [-0.2, 0) is 0 Å². The molecule has 1 heterocycles. The Hall–Kier alpha value is -2.60. The maximum Gasteiger partial charge on any atom is 0.263 e. The second-order valence-electron chi connectivity index (χ2n) is 3.70. The fraction of sp³-hybridized carbons (Fsp3) is 0.167. The van der Waals surface area contributed by atoms with Crippen molar-refractivity contribution in [2.75, 3.05) is 19.5 Å². The van der Waals surface area contributed by atoms with Gasteiger partial charge in [0.25, 0.3) is 5.95 Å². The van der Waals surface area contributed by atoms with Gasteiger partial charge in [-0.1, -0.05) is 15.8 Å². The van der Waals surface area contributed by atoms with E-state index in [2.05, 4.69) is 42.5 Å². The smallest absolute Gasteiger partial charge is 0.263 e. The Bertz CT molecular complexity index is 706. The van der Waals surface area contributed by atoms with Gasteiger partial charge in [0.15, 0.2) is 11.5 Å². The van der Waals surface area contributed by atoms with Crippen molar-refractivity contribution in [3.63, 3.8) is 0 Å². The molecule has 0 spiro atoms. The number of hydrogen-bond donors (Lipinski definition) is 1. The molecule has 1 aromatic heterocycles. The van der Waals surface area contributed by atoms with Crippen molar-refractivity contribution >= 4 is 28.1 Å². The first-order chi connectivity index (χ1) is 10.2. The van der Waals surface area contributed by atoms with E-state index in [-0.39, 0.29) is 12.6 Å². The normalized spacial score (nSPS) is 10.5. The molecule has 0 fully saturated rings. The van der Waals surface area contributed by atoms with E-state index in [1.165, 1.54) is 13.3 Å². The second kappa shape index (κ2) is 6.71. The molecule has 2 aromatic rings. The number of aromatic nitrogens is 4. The standard InChI is InChI=1S/C12H11BrN6O2/c1-3-4-21-11-9(13)5-8(6-10(11)20-2)7-15-19-12(14)16-17-18-19/h1,5-7H,4H2,2H3,(H2,14,16,18)/b15-7+. The van der Waals surface area contributed by atoms with Crippen molar-refractivity contribution in [2.24, 2.45) is 5.10 Å².